The lowest BCUT2D eigenvalue weighted by Gasteiger charge is -2.16. The van der Waals surface area contributed by atoms with E-state index in [-0.39, 0.29) is 0 Å². The van der Waals surface area contributed by atoms with E-state index in [1.807, 2.05) is 38.1 Å². The van der Waals surface area contributed by atoms with Crippen LogP contribution >= 0.6 is 31.0 Å². The zero-order valence-corrected chi connectivity index (χ0v) is 13.1. The highest BCUT2D eigenvalue weighted by Crippen LogP contribution is 2.48. The fourth-order valence-corrected chi connectivity index (χ4v) is 4.44. The fourth-order valence-electron chi connectivity index (χ4n) is 1.37. The van der Waals surface area contributed by atoms with E-state index < -0.39 is 7.60 Å². The molecule has 0 radical (unpaired) electrons. The third-order valence-corrected chi connectivity index (χ3v) is 5.74. The zero-order chi connectivity index (χ0) is 13.4. The average Bonchev–Trinajstić information content (AvgIpc) is 2.32. The molecule has 0 aliphatic rings. The van der Waals surface area contributed by atoms with Crippen LogP contribution in [-0.2, 0) is 13.6 Å². The normalized spacial score (nSPS) is 11.7. The smallest absolute Gasteiger partial charge is 0.309 e. The molecule has 0 N–H and O–H groups in total. The summed E-state index contributed by atoms with van der Waals surface area (Å²) < 4.78 is 22.6. The van der Waals surface area contributed by atoms with Gasteiger partial charge in [0, 0.05) is 15.7 Å². The van der Waals surface area contributed by atoms with E-state index in [2.05, 4.69) is 0 Å². The maximum Gasteiger partial charge on any atom is 0.331 e. The van der Waals surface area contributed by atoms with Gasteiger partial charge in [-0.15, -0.1) is 11.8 Å². The second-order valence-corrected chi connectivity index (χ2v) is 7.26. The molecule has 3 nitrogen and oxygen atoms in total. The molecular weight excluding hydrogens is 291 g/mol. The quantitative estimate of drug-likeness (QED) is 0.515. The number of hydrogen-bond donors (Lipinski definition) is 0. The Morgan fingerprint density at radius 2 is 1.72 bits per heavy atom. The van der Waals surface area contributed by atoms with Crippen LogP contribution in [0.15, 0.2) is 29.2 Å². The Morgan fingerprint density at radius 1 is 1.17 bits per heavy atom. The van der Waals surface area contributed by atoms with Gasteiger partial charge in [0.1, 0.15) is 0 Å². The molecule has 0 heterocycles. The molecule has 0 spiro atoms. The molecule has 0 aliphatic carbocycles. The molecule has 1 aromatic carbocycles. The van der Waals surface area contributed by atoms with Gasteiger partial charge in [-0.05, 0) is 38.1 Å². The molecule has 1 aromatic rings. The van der Waals surface area contributed by atoms with Crippen LogP contribution in [0, 0.1) is 0 Å². The van der Waals surface area contributed by atoms with Crippen molar-refractivity contribution in [2.45, 2.75) is 18.7 Å². The predicted octanol–water partition coefficient (Wildman–Crippen LogP) is 4.70. The van der Waals surface area contributed by atoms with Gasteiger partial charge in [0.05, 0.1) is 19.4 Å². The van der Waals surface area contributed by atoms with E-state index in [1.54, 1.807) is 11.8 Å². The van der Waals surface area contributed by atoms with Crippen molar-refractivity contribution in [1.82, 2.24) is 0 Å². The van der Waals surface area contributed by atoms with Gasteiger partial charge in [0.15, 0.2) is 0 Å². The third kappa shape index (κ3) is 5.77. The molecule has 0 unspecified atom stereocenters. The van der Waals surface area contributed by atoms with Crippen molar-refractivity contribution in [3.63, 3.8) is 0 Å². The Hall–Kier alpha value is 0.01000. The standard InChI is InChI=1S/C12H18ClO3PS/c1-3-15-17(14,16-4-2)9-10-18-12-7-5-11(13)6-8-12/h5-8H,3-4,9-10H2,1-2H3. The fraction of sp³-hybridized carbons (Fsp3) is 0.500. The number of thioether (sulfide) groups is 1. The molecule has 0 amide bonds. The highest BCUT2D eigenvalue weighted by atomic mass is 35.5. The van der Waals surface area contributed by atoms with E-state index in [9.17, 15) is 4.57 Å². The zero-order valence-electron chi connectivity index (χ0n) is 10.6. The summed E-state index contributed by atoms with van der Waals surface area (Å²) in [6.45, 7) is 4.45. The Labute approximate surface area is 118 Å². The molecule has 0 aliphatic heterocycles. The summed E-state index contributed by atoms with van der Waals surface area (Å²) in [5.74, 6) is 0.693. The van der Waals surface area contributed by atoms with Gasteiger partial charge in [-0.1, -0.05) is 11.6 Å². The Bertz CT molecular complexity index is 387. The summed E-state index contributed by atoms with van der Waals surface area (Å²) >= 11 is 7.42. The molecule has 0 aromatic heterocycles. The van der Waals surface area contributed by atoms with Crippen LogP contribution in [0.5, 0.6) is 0 Å². The first-order valence-electron chi connectivity index (χ1n) is 5.86. The molecular formula is C12H18ClO3PS. The van der Waals surface area contributed by atoms with Crippen molar-refractivity contribution < 1.29 is 13.6 Å². The first kappa shape index (κ1) is 16.1. The Morgan fingerprint density at radius 3 is 2.22 bits per heavy atom. The summed E-state index contributed by atoms with van der Waals surface area (Å²) in [4.78, 5) is 1.10. The molecule has 0 atom stereocenters. The van der Waals surface area contributed by atoms with Gasteiger partial charge in [-0.3, -0.25) is 4.57 Å². The summed E-state index contributed by atoms with van der Waals surface area (Å²) in [5.41, 5.74) is 0. The largest absolute Gasteiger partial charge is 0.331 e. The lowest BCUT2D eigenvalue weighted by Crippen LogP contribution is -2.01. The second kappa shape index (κ2) is 8.23. The van der Waals surface area contributed by atoms with E-state index in [1.165, 1.54) is 0 Å². The summed E-state index contributed by atoms with van der Waals surface area (Å²) in [7, 11) is -2.91. The van der Waals surface area contributed by atoms with Crippen molar-refractivity contribution in [2.75, 3.05) is 25.1 Å². The van der Waals surface area contributed by atoms with E-state index in [4.69, 9.17) is 20.6 Å². The van der Waals surface area contributed by atoms with Gasteiger partial charge in [0.2, 0.25) is 0 Å². The summed E-state index contributed by atoms with van der Waals surface area (Å²) in [5, 5.41) is 0.716. The highest BCUT2D eigenvalue weighted by Gasteiger charge is 2.22. The van der Waals surface area contributed by atoms with Crippen LogP contribution in [0.2, 0.25) is 5.02 Å². The van der Waals surface area contributed by atoms with Crippen molar-refractivity contribution in [2.24, 2.45) is 0 Å². The van der Waals surface area contributed by atoms with Crippen LogP contribution in [0.4, 0.5) is 0 Å². The molecule has 6 heteroatoms. The maximum atomic E-state index is 12.2. The number of halogens is 1. The van der Waals surface area contributed by atoms with Crippen molar-refractivity contribution in [3.8, 4) is 0 Å². The molecule has 0 saturated heterocycles. The van der Waals surface area contributed by atoms with Crippen molar-refractivity contribution in [3.05, 3.63) is 29.3 Å². The van der Waals surface area contributed by atoms with E-state index in [0.29, 0.717) is 30.2 Å². The molecule has 102 valence electrons. The lowest BCUT2D eigenvalue weighted by atomic mass is 10.4. The minimum absolute atomic E-state index is 0.406. The van der Waals surface area contributed by atoms with Gasteiger partial charge in [-0.25, -0.2) is 0 Å². The first-order chi connectivity index (χ1) is 8.59. The van der Waals surface area contributed by atoms with Crippen LogP contribution in [0.1, 0.15) is 13.8 Å². The molecule has 0 saturated carbocycles. The molecule has 0 fully saturated rings. The van der Waals surface area contributed by atoms with Gasteiger partial charge >= 0.3 is 7.60 Å². The summed E-state index contributed by atoms with van der Waals surface area (Å²) in [6, 6.07) is 7.57. The lowest BCUT2D eigenvalue weighted by molar-refractivity contribution is 0.221. The maximum absolute atomic E-state index is 12.2. The average molecular weight is 309 g/mol. The molecule has 0 bridgehead atoms. The van der Waals surface area contributed by atoms with Crippen LogP contribution in [-0.4, -0.2) is 25.1 Å². The second-order valence-electron chi connectivity index (χ2n) is 3.47. The molecule has 18 heavy (non-hydrogen) atoms. The summed E-state index contributed by atoms with van der Waals surface area (Å²) in [6.07, 6.45) is 0.419. The van der Waals surface area contributed by atoms with Crippen molar-refractivity contribution in [1.29, 1.82) is 0 Å². The Kier molecular flexibility index (Phi) is 7.35. The highest BCUT2D eigenvalue weighted by molar-refractivity contribution is 7.99. The third-order valence-electron chi connectivity index (χ3n) is 2.10. The predicted molar refractivity (Wildman–Crippen MR) is 77.9 cm³/mol. The van der Waals surface area contributed by atoms with Gasteiger partial charge < -0.3 is 9.05 Å². The number of hydrogen-bond acceptors (Lipinski definition) is 4. The number of benzene rings is 1. The SMILES string of the molecule is CCOP(=O)(CCSc1ccc(Cl)cc1)OCC. The van der Waals surface area contributed by atoms with E-state index >= 15 is 0 Å². The minimum Gasteiger partial charge on any atom is -0.309 e. The topological polar surface area (TPSA) is 35.5 Å². The van der Waals surface area contributed by atoms with Crippen molar-refractivity contribution >= 4 is 31.0 Å². The van der Waals surface area contributed by atoms with Gasteiger partial charge in [0.25, 0.3) is 0 Å². The van der Waals surface area contributed by atoms with E-state index in [0.717, 1.165) is 4.90 Å². The molecule has 1 rings (SSSR count). The van der Waals surface area contributed by atoms with Crippen LogP contribution < -0.4 is 0 Å². The first-order valence-corrected chi connectivity index (χ1v) is 8.95. The van der Waals surface area contributed by atoms with Gasteiger partial charge in [-0.2, -0.15) is 0 Å². The van der Waals surface area contributed by atoms with Crippen LogP contribution in [0.25, 0.3) is 0 Å². The minimum atomic E-state index is -2.91. The Balaban J connectivity index is 2.43. The number of rotatable bonds is 8. The monoisotopic (exact) mass is 308 g/mol. The van der Waals surface area contributed by atoms with Crippen LogP contribution in [0.3, 0.4) is 0 Å².